The van der Waals surface area contributed by atoms with Crippen molar-refractivity contribution in [2.75, 3.05) is 13.2 Å². The average molecular weight is 1140 g/mol. The molecule has 0 N–H and O–H groups in total. The molecule has 82 heavy (non-hydrogen) atoms. The third-order valence-corrected chi connectivity index (χ3v) is 15.3. The first-order chi connectivity index (χ1) is 40.5. The highest BCUT2D eigenvalue weighted by Crippen LogP contribution is 2.17. The van der Waals surface area contributed by atoms with E-state index in [1.807, 2.05) is 0 Å². The summed E-state index contributed by atoms with van der Waals surface area (Å²) in [4.78, 5) is 38.5. The lowest BCUT2D eigenvalue weighted by atomic mass is 10.0. The summed E-state index contributed by atoms with van der Waals surface area (Å²) >= 11 is 0. The van der Waals surface area contributed by atoms with Crippen LogP contribution >= 0.6 is 0 Å². The summed E-state index contributed by atoms with van der Waals surface area (Å²) in [6.45, 7) is 6.55. The highest BCUT2D eigenvalue weighted by atomic mass is 16.6. The molecule has 0 heterocycles. The highest BCUT2D eigenvalue weighted by molar-refractivity contribution is 5.71. The van der Waals surface area contributed by atoms with E-state index < -0.39 is 6.10 Å². The van der Waals surface area contributed by atoms with Gasteiger partial charge in [0.15, 0.2) is 6.10 Å². The van der Waals surface area contributed by atoms with Crippen molar-refractivity contribution in [1.29, 1.82) is 0 Å². The van der Waals surface area contributed by atoms with E-state index in [0.717, 1.165) is 122 Å². The topological polar surface area (TPSA) is 78.9 Å². The Labute approximate surface area is 508 Å². The molecule has 0 aromatic heterocycles. The van der Waals surface area contributed by atoms with Crippen LogP contribution in [0.5, 0.6) is 0 Å². The van der Waals surface area contributed by atoms with Gasteiger partial charge in [-0.25, -0.2) is 0 Å². The molecule has 0 radical (unpaired) electrons. The molecular weight excluding hydrogens is 1010 g/mol. The van der Waals surface area contributed by atoms with Gasteiger partial charge < -0.3 is 14.2 Å². The lowest BCUT2D eigenvalue weighted by Crippen LogP contribution is -2.30. The molecule has 0 fully saturated rings. The molecule has 0 aromatic rings. The molecule has 1 atom stereocenters. The number of unbranched alkanes of at least 4 members (excludes halogenated alkanes) is 37. The van der Waals surface area contributed by atoms with Crippen molar-refractivity contribution < 1.29 is 28.6 Å². The van der Waals surface area contributed by atoms with Crippen LogP contribution in [0.3, 0.4) is 0 Å². The zero-order valence-corrected chi connectivity index (χ0v) is 54.2. The minimum absolute atomic E-state index is 0.0817. The first-order valence-electron chi connectivity index (χ1n) is 35.2. The van der Waals surface area contributed by atoms with Crippen LogP contribution in [-0.2, 0) is 28.6 Å². The molecule has 0 saturated carbocycles. The van der Waals surface area contributed by atoms with Gasteiger partial charge in [0.1, 0.15) is 13.2 Å². The smallest absolute Gasteiger partial charge is 0.306 e. The van der Waals surface area contributed by atoms with Crippen molar-refractivity contribution in [1.82, 2.24) is 0 Å². The second-order valence-corrected chi connectivity index (χ2v) is 23.4. The van der Waals surface area contributed by atoms with E-state index in [1.165, 1.54) is 186 Å². The predicted molar refractivity (Wildman–Crippen MR) is 357 cm³/mol. The monoisotopic (exact) mass is 1140 g/mol. The molecule has 0 bridgehead atoms. The molecule has 0 amide bonds. The normalized spacial score (nSPS) is 12.7. The second kappa shape index (κ2) is 69.8. The van der Waals surface area contributed by atoms with Gasteiger partial charge in [0, 0.05) is 19.3 Å². The number of ether oxygens (including phenoxy) is 3. The van der Waals surface area contributed by atoms with E-state index in [4.69, 9.17) is 14.2 Å². The van der Waals surface area contributed by atoms with Crippen molar-refractivity contribution in [3.8, 4) is 0 Å². The summed E-state index contributed by atoms with van der Waals surface area (Å²) < 4.78 is 17.0. The lowest BCUT2D eigenvalue weighted by molar-refractivity contribution is -0.167. The van der Waals surface area contributed by atoms with Crippen LogP contribution in [0.15, 0.2) is 97.2 Å². The molecule has 0 aliphatic heterocycles. The minimum Gasteiger partial charge on any atom is -0.462 e. The zero-order valence-electron chi connectivity index (χ0n) is 54.2. The SMILES string of the molecule is CC/C=C\C/C=C\C/C=C\C/C=C\C/C=C\CCCCCCCCCCCC(=O)OCC(COC(=O)CCCCCCCCCCCCCCCCCCCC)OC(=O)CCCCCCCC/C=C\C/C=C\C/C=C\CCCCCCC. The maximum Gasteiger partial charge on any atom is 0.306 e. The number of esters is 3. The zero-order chi connectivity index (χ0) is 59.2. The van der Waals surface area contributed by atoms with Gasteiger partial charge in [-0.05, 0) is 103 Å². The number of hydrogen-bond acceptors (Lipinski definition) is 6. The molecule has 1 unspecified atom stereocenters. The average Bonchev–Trinajstić information content (AvgIpc) is 3.47. The summed E-state index contributed by atoms with van der Waals surface area (Å²) in [6, 6.07) is 0. The Morgan fingerprint density at radius 3 is 0.744 bits per heavy atom. The van der Waals surface area contributed by atoms with Crippen LogP contribution in [0.1, 0.15) is 348 Å². The molecule has 472 valence electrons. The number of carbonyl (C=O) groups is 3. The highest BCUT2D eigenvalue weighted by Gasteiger charge is 2.19. The van der Waals surface area contributed by atoms with Crippen LogP contribution in [0, 0.1) is 0 Å². The maximum atomic E-state index is 13.0. The minimum atomic E-state index is -0.789. The fraction of sp³-hybridized carbons (Fsp3) is 0.750. The number of allylic oxidation sites excluding steroid dienone is 16. The van der Waals surface area contributed by atoms with Gasteiger partial charge in [0.25, 0.3) is 0 Å². The Kier molecular flexibility index (Phi) is 66.7. The van der Waals surface area contributed by atoms with E-state index >= 15 is 0 Å². The van der Waals surface area contributed by atoms with Crippen molar-refractivity contribution >= 4 is 17.9 Å². The number of carbonyl (C=O) groups excluding carboxylic acids is 3. The molecule has 0 rings (SSSR count). The van der Waals surface area contributed by atoms with Gasteiger partial charge in [-0.15, -0.1) is 0 Å². The molecule has 6 heteroatoms. The molecule has 0 aliphatic carbocycles. The van der Waals surface area contributed by atoms with Crippen molar-refractivity contribution in [2.45, 2.75) is 354 Å². The van der Waals surface area contributed by atoms with Crippen LogP contribution < -0.4 is 0 Å². The Balaban J connectivity index is 4.39. The molecule has 0 spiro atoms. The number of rotatable bonds is 64. The van der Waals surface area contributed by atoms with E-state index in [1.54, 1.807) is 0 Å². The lowest BCUT2D eigenvalue weighted by Gasteiger charge is -2.18. The fourth-order valence-electron chi connectivity index (χ4n) is 10.1. The molecular formula is C76H132O6. The van der Waals surface area contributed by atoms with E-state index in [-0.39, 0.29) is 31.1 Å². The van der Waals surface area contributed by atoms with Crippen molar-refractivity contribution in [2.24, 2.45) is 0 Å². The van der Waals surface area contributed by atoms with Gasteiger partial charge in [0.2, 0.25) is 0 Å². The van der Waals surface area contributed by atoms with E-state index in [0.29, 0.717) is 19.3 Å². The van der Waals surface area contributed by atoms with Crippen molar-refractivity contribution in [3.63, 3.8) is 0 Å². The van der Waals surface area contributed by atoms with E-state index in [2.05, 4.69) is 118 Å². The first kappa shape index (κ1) is 78.3. The van der Waals surface area contributed by atoms with Crippen LogP contribution in [0.4, 0.5) is 0 Å². The fourth-order valence-corrected chi connectivity index (χ4v) is 10.1. The second-order valence-electron chi connectivity index (χ2n) is 23.4. The summed E-state index contributed by atoms with van der Waals surface area (Å²) in [5, 5.41) is 0. The van der Waals surface area contributed by atoms with E-state index in [9.17, 15) is 14.4 Å². The molecule has 0 aliphatic rings. The largest absolute Gasteiger partial charge is 0.462 e. The van der Waals surface area contributed by atoms with Crippen LogP contribution in [0.25, 0.3) is 0 Å². The van der Waals surface area contributed by atoms with Gasteiger partial charge >= 0.3 is 17.9 Å². The Morgan fingerprint density at radius 1 is 0.256 bits per heavy atom. The third kappa shape index (κ3) is 67.1. The summed E-state index contributed by atoms with van der Waals surface area (Å²) in [5.74, 6) is -0.883. The van der Waals surface area contributed by atoms with Gasteiger partial charge in [-0.2, -0.15) is 0 Å². The quantitative estimate of drug-likeness (QED) is 0.0261. The standard InChI is InChI=1S/C76H132O6/c1-4-7-10-13-16-19-22-25-28-31-34-36-37-38-39-41-42-45-48-51-54-57-60-63-66-69-75(78)81-72-73(71-80-74(77)68-65-62-59-56-53-50-47-44-33-30-27-24-21-18-15-12-9-6-3)82-76(79)70-67-64-61-58-55-52-49-46-43-40-35-32-29-26-23-20-17-14-11-8-5-2/h7,10,16,19,23,25-26,28,32,34-36,38-39,43,46,73H,4-6,8-9,11-15,17-18,20-22,24,27,29-31,33,37,40-42,44-45,47-72H2,1-3H3/b10-7-,19-16-,26-23-,28-25-,35-32-,36-34-,39-38-,46-43-. The predicted octanol–water partition coefficient (Wildman–Crippen LogP) is 24.4. The van der Waals surface area contributed by atoms with Crippen LogP contribution in [-0.4, -0.2) is 37.2 Å². The third-order valence-electron chi connectivity index (χ3n) is 15.3. The Bertz CT molecular complexity index is 1590. The van der Waals surface area contributed by atoms with Gasteiger partial charge in [0.05, 0.1) is 0 Å². The Hall–Kier alpha value is -3.67. The summed E-state index contributed by atoms with van der Waals surface area (Å²) in [5.41, 5.74) is 0. The summed E-state index contributed by atoms with van der Waals surface area (Å²) in [6.07, 6.45) is 94.2. The Morgan fingerprint density at radius 2 is 0.476 bits per heavy atom. The maximum absolute atomic E-state index is 13.0. The first-order valence-corrected chi connectivity index (χ1v) is 35.2. The number of hydrogen-bond donors (Lipinski definition) is 0. The van der Waals surface area contributed by atoms with Gasteiger partial charge in [-0.1, -0.05) is 323 Å². The molecule has 6 nitrogen and oxygen atoms in total. The molecule has 0 saturated heterocycles. The molecule has 0 aromatic carbocycles. The summed E-state index contributed by atoms with van der Waals surface area (Å²) in [7, 11) is 0. The van der Waals surface area contributed by atoms with Crippen molar-refractivity contribution in [3.05, 3.63) is 97.2 Å². The van der Waals surface area contributed by atoms with Crippen LogP contribution in [0.2, 0.25) is 0 Å². The van der Waals surface area contributed by atoms with Gasteiger partial charge in [-0.3, -0.25) is 14.4 Å².